The highest BCUT2D eigenvalue weighted by Crippen LogP contribution is 2.15. The maximum atomic E-state index is 6.06. The van der Waals surface area contributed by atoms with Crippen molar-refractivity contribution in [1.82, 2.24) is 15.0 Å². The second kappa shape index (κ2) is 7.43. The van der Waals surface area contributed by atoms with E-state index in [1.165, 1.54) is 12.8 Å². The number of likely N-dealkylation sites (tertiary alicyclic amines) is 1. The number of piperidine rings is 1. The molecular formula is C15H27N5O. The molecule has 1 aromatic heterocycles. The number of nitrogens with zero attached hydrogens (tertiary/aromatic N) is 4. The first-order chi connectivity index (χ1) is 10.1. The van der Waals surface area contributed by atoms with Crippen molar-refractivity contribution in [3.05, 3.63) is 11.7 Å². The van der Waals surface area contributed by atoms with Gasteiger partial charge in [-0.3, -0.25) is 4.99 Å². The number of aryl methyl sites for hydroxylation is 1. The highest BCUT2D eigenvalue weighted by Gasteiger charge is 2.17. The van der Waals surface area contributed by atoms with Crippen molar-refractivity contribution in [1.29, 1.82) is 0 Å². The lowest BCUT2D eigenvalue weighted by molar-refractivity contribution is 0.270. The molecule has 1 aliphatic rings. The third-order valence-electron chi connectivity index (χ3n) is 3.80. The second-order valence-corrected chi connectivity index (χ2v) is 6.24. The van der Waals surface area contributed by atoms with E-state index in [2.05, 4.69) is 40.8 Å². The average Bonchev–Trinajstić information content (AvgIpc) is 2.92. The fourth-order valence-electron chi connectivity index (χ4n) is 2.53. The zero-order valence-corrected chi connectivity index (χ0v) is 13.4. The van der Waals surface area contributed by atoms with Crippen molar-refractivity contribution in [3.63, 3.8) is 0 Å². The molecule has 0 aromatic carbocycles. The largest absolute Gasteiger partial charge is 0.370 e. The molecule has 2 rings (SSSR count). The fourth-order valence-corrected chi connectivity index (χ4v) is 2.53. The lowest BCUT2D eigenvalue weighted by Gasteiger charge is -2.31. The zero-order chi connectivity index (χ0) is 15.2. The maximum Gasteiger partial charge on any atom is 0.226 e. The van der Waals surface area contributed by atoms with E-state index >= 15 is 0 Å². The monoisotopic (exact) mass is 293 g/mol. The van der Waals surface area contributed by atoms with E-state index in [1.807, 2.05) is 0 Å². The van der Waals surface area contributed by atoms with E-state index in [9.17, 15) is 0 Å². The Hall–Kier alpha value is -1.59. The predicted octanol–water partition coefficient (Wildman–Crippen LogP) is 2.17. The van der Waals surface area contributed by atoms with Gasteiger partial charge in [-0.15, -0.1) is 0 Å². The summed E-state index contributed by atoms with van der Waals surface area (Å²) in [6.07, 6.45) is 4.13. The van der Waals surface area contributed by atoms with Crippen LogP contribution in [0.25, 0.3) is 0 Å². The van der Waals surface area contributed by atoms with Gasteiger partial charge in [-0.25, -0.2) is 0 Å². The van der Waals surface area contributed by atoms with Gasteiger partial charge in [0.1, 0.15) is 0 Å². The molecule has 21 heavy (non-hydrogen) atoms. The van der Waals surface area contributed by atoms with E-state index in [4.69, 9.17) is 10.3 Å². The van der Waals surface area contributed by atoms with Gasteiger partial charge in [0.15, 0.2) is 11.8 Å². The van der Waals surface area contributed by atoms with Gasteiger partial charge >= 0.3 is 0 Å². The molecule has 1 saturated heterocycles. The van der Waals surface area contributed by atoms with Crippen LogP contribution in [0.4, 0.5) is 0 Å². The molecule has 1 aliphatic heterocycles. The standard InChI is InChI=1S/C15H27N5O/c1-11(2)14-18-13(21-19-14)7-4-8-17-15(16)20-9-5-6-12(3)10-20/h11-12H,4-10H2,1-3H3,(H2,16,17). The molecule has 1 unspecified atom stereocenters. The van der Waals surface area contributed by atoms with Crippen LogP contribution in [0.3, 0.4) is 0 Å². The van der Waals surface area contributed by atoms with Crippen LogP contribution in [0.1, 0.15) is 57.7 Å². The minimum absolute atomic E-state index is 0.303. The number of rotatable bonds is 5. The molecule has 2 heterocycles. The third kappa shape index (κ3) is 4.72. The molecule has 118 valence electrons. The van der Waals surface area contributed by atoms with Crippen molar-refractivity contribution in [2.24, 2.45) is 16.6 Å². The summed E-state index contributed by atoms with van der Waals surface area (Å²) < 4.78 is 5.21. The number of hydrogen-bond acceptors (Lipinski definition) is 4. The Labute approximate surface area is 126 Å². The highest BCUT2D eigenvalue weighted by molar-refractivity contribution is 5.78. The minimum atomic E-state index is 0.303. The van der Waals surface area contributed by atoms with Crippen LogP contribution in [0, 0.1) is 5.92 Å². The molecule has 6 heteroatoms. The highest BCUT2D eigenvalue weighted by atomic mass is 16.5. The summed E-state index contributed by atoms with van der Waals surface area (Å²) in [7, 11) is 0. The lowest BCUT2D eigenvalue weighted by Crippen LogP contribution is -2.43. The van der Waals surface area contributed by atoms with E-state index in [-0.39, 0.29) is 0 Å². The van der Waals surface area contributed by atoms with Gasteiger partial charge in [-0.05, 0) is 25.2 Å². The van der Waals surface area contributed by atoms with Crippen molar-refractivity contribution < 1.29 is 4.52 Å². The summed E-state index contributed by atoms with van der Waals surface area (Å²) in [6, 6.07) is 0. The van der Waals surface area contributed by atoms with Gasteiger partial charge in [0.05, 0.1) is 0 Å². The van der Waals surface area contributed by atoms with Crippen LogP contribution in [0.5, 0.6) is 0 Å². The first-order valence-electron chi connectivity index (χ1n) is 7.93. The van der Waals surface area contributed by atoms with Gasteiger partial charge in [0, 0.05) is 32.0 Å². The van der Waals surface area contributed by atoms with Gasteiger partial charge < -0.3 is 15.2 Å². The van der Waals surface area contributed by atoms with Crippen molar-refractivity contribution in [2.45, 2.75) is 52.4 Å². The van der Waals surface area contributed by atoms with Crippen molar-refractivity contribution in [2.75, 3.05) is 19.6 Å². The van der Waals surface area contributed by atoms with Crippen LogP contribution >= 0.6 is 0 Å². The van der Waals surface area contributed by atoms with Crippen molar-refractivity contribution in [3.8, 4) is 0 Å². The van der Waals surface area contributed by atoms with E-state index in [1.54, 1.807) is 0 Å². The van der Waals surface area contributed by atoms with E-state index in [0.29, 0.717) is 30.2 Å². The number of hydrogen-bond donors (Lipinski definition) is 1. The molecule has 0 radical (unpaired) electrons. The molecule has 0 spiro atoms. The predicted molar refractivity (Wildman–Crippen MR) is 83.2 cm³/mol. The summed E-state index contributed by atoms with van der Waals surface area (Å²) in [5.41, 5.74) is 6.06. The number of guanidine groups is 1. The van der Waals surface area contributed by atoms with Gasteiger partial charge in [0.25, 0.3) is 0 Å². The van der Waals surface area contributed by atoms with Gasteiger partial charge in [-0.2, -0.15) is 4.98 Å². The molecular weight excluding hydrogens is 266 g/mol. The molecule has 1 atom stereocenters. The van der Waals surface area contributed by atoms with Crippen molar-refractivity contribution >= 4 is 5.96 Å². The molecule has 1 aromatic rings. The van der Waals surface area contributed by atoms with E-state index < -0.39 is 0 Å². The Balaban J connectivity index is 1.73. The Kier molecular flexibility index (Phi) is 5.59. The minimum Gasteiger partial charge on any atom is -0.370 e. The first-order valence-corrected chi connectivity index (χ1v) is 7.93. The summed E-state index contributed by atoms with van der Waals surface area (Å²) in [4.78, 5) is 11.0. The number of aliphatic imine (C=N–C) groups is 1. The molecule has 0 aliphatic carbocycles. The van der Waals surface area contributed by atoms with Crippen LogP contribution in [-0.4, -0.2) is 40.6 Å². The normalized spacial score (nSPS) is 20.3. The quantitative estimate of drug-likeness (QED) is 0.511. The molecule has 0 bridgehead atoms. The Morgan fingerprint density at radius 3 is 3.00 bits per heavy atom. The smallest absolute Gasteiger partial charge is 0.226 e. The summed E-state index contributed by atoms with van der Waals surface area (Å²) in [5.74, 6) is 3.15. The first kappa shape index (κ1) is 15.8. The average molecular weight is 293 g/mol. The Morgan fingerprint density at radius 1 is 1.52 bits per heavy atom. The molecule has 1 fully saturated rings. The van der Waals surface area contributed by atoms with Crippen LogP contribution in [-0.2, 0) is 6.42 Å². The Morgan fingerprint density at radius 2 is 2.33 bits per heavy atom. The lowest BCUT2D eigenvalue weighted by atomic mass is 10.0. The number of aromatic nitrogens is 2. The van der Waals surface area contributed by atoms with E-state index in [0.717, 1.165) is 31.8 Å². The SMILES string of the molecule is CC1CCCN(C(N)=NCCCc2nc(C(C)C)no2)C1. The Bertz CT molecular complexity index is 468. The topological polar surface area (TPSA) is 80.5 Å². The van der Waals surface area contributed by atoms with Gasteiger partial charge in [0.2, 0.25) is 5.89 Å². The zero-order valence-electron chi connectivity index (χ0n) is 13.4. The molecule has 6 nitrogen and oxygen atoms in total. The fraction of sp³-hybridized carbons (Fsp3) is 0.800. The number of nitrogens with two attached hydrogens (primary N) is 1. The summed E-state index contributed by atoms with van der Waals surface area (Å²) in [5, 5.41) is 3.96. The summed E-state index contributed by atoms with van der Waals surface area (Å²) >= 11 is 0. The second-order valence-electron chi connectivity index (χ2n) is 6.24. The maximum absolute atomic E-state index is 6.06. The van der Waals surface area contributed by atoms with Crippen LogP contribution in [0.15, 0.2) is 9.52 Å². The van der Waals surface area contributed by atoms with Gasteiger partial charge in [-0.1, -0.05) is 25.9 Å². The summed E-state index contributed by atoms with van der Waals surface area (Å²) in [6.45, 7) is 9.13. The molecule has 0 amide bonds. The molecule has 0 saturated carbocycles. The van der Waals surface area contributed by atoms with Crippen LogP contribution < -0.4 is 5.73 Å². The molecule has 2 N–H and O–H groups in total. The van der Waals surface area contributed by atoms with Crippen LogP contribution in [0.2, 0.25) is 0 Å². The third-order valence-corrected chi connectivity index (χ3v) is 3.80.